The van der Waals surface area contributed by atoms with Crippen molar-refractivity contribution in [3.8, 4) is 89.5 Å². The van der Waals surface area contributed by atoms with Crippen molar-refractivity contribution in [2.75, 3.05) is 0 Å². The lowest BCUT2D eigenvalue weighted by molar-refractivity contribution is 0.669. The fraction of sp³-hybridized carbons (Fsp3) is 0. The van der Waals surface area contributed by atoms with Crippen LogP contribution in [-0.4, -0.2) is 9.97 Å². The Kier molecular flexibility index (Phi) is 9.50. The van der Waals surface area contributed by atoms with Crippen molar-refractivity contribution >= 4 is 32.7 Å². The topological polar surface area (TPSA) is 38.9 Å². The van der Waals surface area contributed by atoms with Gasteiger partial charge < -0.3 is 4.42 Å². The molecular formula is C62H40N2O. The third kappa shape index (κ3) is 7.16. The second-order valence-electron chi connectivity index (χ2n) is 16.5. The summed E-state index contributed by atoms with van der Waals surface area (Å²) in [6.07, 6.45) is 0. The third-order valence-electron chi connectivity index (χ3n) is 12.5. The zero-order valence-electron chi connectivity index (χ0n) is 35.4. The molecule has 0 aliphatic rings. The molecule has 0 saturated heterocycles. The van der Waals surface area contributed by atoms with Gasteiger partial charge in [-0.3, -0.25) is 0 Å². The van der Waals surface area contributed by atoms with Crippen molar-refractivity contribution < 1.29 is 4.42 Å². The summed E-state index contributed by atoms with van der Waals surface area (Å²) in [7, 11) is 0. The van der Waals surface area contributed by atoms with Gasteiger partial charge in [0.2, 0.25) is 0 Å². The van der Waals surface area contributed by atoms with Crippen molar-refractivity contribution in [2.45, 2.75) is 0 Å². The van der Waals surface area contributed by atoms with E-state index in [0.29, 0.717) is 5.82 Å². The summed E-state index contributed by atoms with van der Waals surface area (Å²) in [6.45, 7) is 0. The molecule has 0 radical (unpaired) electrons. The third-order valence-corrected chi connectivity index (χ3v) is 12.5. The molecule has 3 nitrogen and oxygen atoms in total. The van der Waals surface area contributed by atoms with E-state index < -0.39 is 0 Å². The minimum atomic E-state index is 0.684. The van der Waals surface area contributed by atoms with Gasteiger partial charge in [0.05, 0.1) is 11.4 Å². The van der Waals surface area contributed by atoms with E-state index >= 15 is 0 Å². The number of hydrogen-bond donors (Lipinski definition) is 0. The van der Waals surface area contributed by atoms with E-state index in [1.807, 2.05) is 24.3 Å². The van der Waals surface area contributed by atoms with Gasteiger partial charge in [-0.1, -0.05) is 200 Å². The van der Waals surface area contributed by atoms with Gasteiger partial charge in [0, 0.05) is 27.5 Å². The molecule has 65 heavy (non-hydrogen) atoms. The fourth-order valence-electron chi connectivity index (χ4n) is 9.29. The van der Waals surface area contributed by atoms with Crippen LogP contribution in [0.5, 0.6) is 0 Å². The van der Waals surface area contributed by atoms with Crippen molar-refractivity contribution in [3.05, 3.63) is 243 Å². The summed E-state index contributed by atoms with van der Waals surface area (Å²) in [5, 5.41) is 4.62. The van der Waals surface area contributed by atoms with Gasteiger partial charge in [-0.2, -0.15) is 0 Å². The minimum absolute atomic E-state index is 0.684. The molecule has 3 heteroatoms. The van der Waals surface area contributed by atoms with Gasteiger partial charge in [-0.25, -0.2) is 9.97 Å². The van der Waals surface area contributed by atoms with Crippen LogP contribution in [0.25, 0.3) is 122 Å². The van der Waals surface area contributed by atoms with Crippen LogP contribution in [0.1, 0.15) is 0 Å². The van der Waals surface area contributed by atoms with E-state index in [1.54, 1.807) is 0 Å². The van der Waals surface area contributed by atoms with Crippen LogP contribution in [0, 0.1) is 0 Å². The molecule has 0 unspecified atom stereocenters. The lowest BCUT2D eigenvalue weighted by atomic mass is 9.84. The Morgan fingerprint density at radius 3 is 1.46 bits per heavy atom. The van der Waals surface area contributed by atoms with Crippen LogP contribution < -0.4 is 0 Å². The Bertz CT molecular complexity index is 3670. The highest BCUT2D eigenvalue weighted by Gasteiger charge is 2.20. The average Bonchev–Trinajstić information content (AvgIpc) is 3.78. The Morgan fingerprint density at radius 2 is 0.769 bits per heavy atom. The van der Waals surface area contributed by atoms with Crippen LogP contribution in [0.3, 0.4) is 0 Å². The lowest BCUT2D eigenvalue weighted by Crippen LogP contribution is -1.97. The Balaban J connectivity index is 1.06. The molecule has 2 aromatic heterocycles. The summed E-state index contributed by atoms with van der Waals surface area (Å²) < 4.78 is 6.49. The van der Waals surface area contributed by atoms with Gasteiger partial charge in [0.1, 0.15) is 11.2 Å². The molecule has 0 bridgehead atoms. The zero-order valence-corrected chi connectivity index (χ0v) is 35.4. The largest absolute Gasteiger partial charge is 0.456 e. The molecule has 12 rings (SSSR count). The van der Waals surface area contributed by atoms with Gasteiger partial charge in [0.25, 0.3) is 0 Å². The van der Waals surface area contributed by atoms with E-state index in [1.165, 1.54) is 16.3 Å². The quantitative estimate of drug-likeness (QED) is 0.153. The molecule has 0 spiro atoms. The number of fused-ring (bicyclic) bond motifs is 5. The number of furan rings is 1. The molecule has 0 aliphatic carbocycles. The van der Waals surface area contributed by atoms with Crippen molar-refractivity contribution in [2.24, 2.45) is 0 Å². The van der Waals surface area contributed by atoms with Crippen LogP contribution in [0.15, 0.2) is 247 Å². The van der Waals surface area contributed by atoms with Crippen LogP contribution >= 0.6 is 0 Å². The zero-order chi connectivity index (χ0) is 43.1. The summed E-state index contributed by atoms with van der Waals surface area (Å²) in [5.74, 6) is 0.684. The first-order valence-corrected chi connectivity index (χ1v) is 22.0. The molecule has 0 saturated carbocycles. The summed E-state index contributed by atoms with van der Waals surface area (Å²) in [4.78, 5) is 10.4. The molecule has 304 valence electrons. The lowest BCUT2D eigenvalue weighted by Gasteiger charge is -2.20. The van der Waals surface area contributed by atoms with E-state index in [4.69, 9.17) is 14.4 Å². The predicted octanol–water partition coefficient (Wildman–Crippen LogP) is 16.9. The van der Waals surface area contributed by atoms with Crippen LogP contribution in [0.4, 0.5) is 0 Å². The highest BCUT2D eigenvalue weighted by atomic mass is 16.3. The van der Waals surface area contributed by atoms with Gasteiger partial charge >= 0.3 is 0 Å². The van der Waals surface area contributed by atoms with E-state index in [2.05, 4.69) is 218 Å². The predicted molar refractivity (Wildman–Crippen MR) is 270 cm³/mol. The van der Waals surface area contributed by atoms with Crippen LogP contribution in [-0.2, 0) is 0 Å². The normalized spacial score (nSPS) is 11.4. The molecular weight excluding hydrogens is 789 g/mol. The van der Waals surface area contributed by atoms with Crippen molar-refractivity contribution in [3.63, 3.8) is 0 Å². The summed E-state index contributed by atoms with van der Waals surface area (Å²) in [6, 6.07) is 86.0. The highest BCUT2D eigenvalue weighted by Crippen LogP contribution is 2.46. The minimum Gasteiger partial charge on any atom is -0.456 e. The Hall–Kier alpha value is -8.66. The van der Waals surface area contributed by atoms with Gasteiger partial charge in [-0.15, -0.1) is 0 Å². The first-order valence-electron chi connectivity index (χ1n) is 22.0. The molecule has 0 N–H and O–H groups in total. The molecule has 0 fully saturated rings. The number of benzene rings is 10. The maximum Gasteiger partial charge on any atom is 0.160 e. The van der Waals surface area contributed by atoms with Crippen molar-refractivity contribution in [1.29, 1.82) is 0 Å². The number of nitrogens with zero attached hydrogens (tertiary/aromatic N) is 2. The maximum absolute atomic E-state index is 6.49. The second-order valence-corrected chi connectivity index (χ2v) is 16.5. The Labute approximate surface area is 377 Å². The molecule has 0 atom stereocenters. The van der Waals surface area contributed by atoms with E-state index in [-0.39, 0.29) is 0 Å². The number of hydrogen-bond acceptors (Lipinski definition) is 3. The monoisotopic (exact) mass is 828 g/mol. The number of aromatic nitrogens is 2. The molecule has 0 aliphatic heterocycles. The molecule has 0 amide bonds. The highest BCUT2D eigenvalue weighted by molar-refractivity contribution is 6.19. The van der Waals surface area contributed by atoms with Crippen molar-refractivity contribution in [1.82, 2.24) is 9.97 Å². The summed E-state index contributed by atoms with van der Waals surface area (Å²) >= 11 is 0. The average molecular weight is 829 g/mol. The standard InChI is InChI=1S/C62H40N2O/c1-5-16-41(17-6-1)43-28-30-45(31-29-43)56-40-57(64-62(63-56)47-23-11-4-12-24-47)50-26-15-25-48(36-50)53-38-51(42-18-7-2-8-19-42)39-54(60(53)46-21-9-3-10-22-46)49-33-34-58-55(37-49)61-52-27-14-13-20-44(52)32-35-59(61)65-58/h1-40H. The van der Waals surface area contributed by atoms with Gasteiger partial charge in [0.15, 0.2) is 5.82 Å². The van der Waals surface area contributed by atoms with E-state index in [0.717, 1.165) is 100 Å². The Morgan fingerprint density at radius 1 is 0.277 bits per heavy atom. The molecule has 12 aromatic rings. The SMILES string of the molecule is c1ccc(-c2ccc(-c3cc(-c4cccc(-c5cc(-c6ccccc6)cc(-c6ccc7oc8ccc9ccccc9c8c7c6)c5-c5ccccc5)c4)nc(-c4ccccc4)n3)cc2)cc1. The molecule has 10 aromatic carbocycles. The summed E-state index contributed by atoms with van der Waals surface area (Å²) in [5.41, 5.74) is 17.9. The second kappa shape index (κ2) is 16.2. The first kappa shape index (κ1) is 38.0. The van der Waals surface area contributed by atoms with Crippen LogP contribution in [0.2, 0.25) is 0 Å². The van der Waals surface area contributed by atoms with E-state index in [9.17, 15) is 0 Å². The van der Waals surface area contributed by atoms with Gasteiger partial charge in [-0.05, 0) is 109 Å². The first-order chi connectivity index (χ1) is 32.2. The maximum atomic E-state index is 6.49. The number of rotatable bonds is 8. The molecule has 2 heterocycles. The fourth-order valence-corrected chi connectivity index (χ4v) is 9.29. The smallest absolute Gasteiger partial charge is 0.160 e.